The van der Waals surface area contributed by atoms with Crippen molar-refractivity contribution in [2.45, 2.75) is 52.5 Å². The number of aryl methyl sites for hydroxylation is 2. The van der Waals surface area contributed by atoms with Gasteiger partial charge in [-0.3, -0.25) is 4.79 Å². The molecule has 0 spiro atoms. The van der Waals surface area contributed by atoms with E-state index in [0.29, 0.717) is 12.0 Å². The van der Waals surface area contributed by atoms with E-state index in [1.165, 1.54) is 0 Å². The average Bonchev–Trinajstić information content (AvgIpc) is 2.44. The molecule has 0 aromatic carbocycles. The standard InChI is InChI=1S/C14H22BrN3O/c1-5-12-11(8-10(4)17-18-12)13(19)16-14(6-2,7-3)9-15/h8H,5-7,9H2,1-4H3,(H,16,19). The number of amides is 1. The molecule has 0 fully saturated rings. The number of nitrogens with zero attached hydrogens (tertiary/aromatic N) is 2. The van der Waals surface area contributed by atoms with Gasteiger partial charge in [-0.05, 0) is 32.3 Å². The van der Waals surface area contributed by atoms with Crippen molar-refractivity contribution in [2.24, 2.45) is 0 Å². The Hall–Kier alpha value is -0.970. The van der Waals surface area contributed by atoms with Gasteiger partial charge in [0.15, 0.2) is 0 Å². The van der Waals surface area contributed by atoms with E-state index in [-0.39, 0.29) is 11.4 Å². The number of rotatable bonds is 6. The van der Waals surface area contributed by atoms with Gasteiger partial charge < -0.3 is 5.32 Å². The number of carbonyl (C=O) groups excluding carboxylic acids is 1. The Morgan fingerprint density at radius 2 is 1.95 bits per heavy atom. The Morgan fingerprint density at radius 1 is 1.32 bits per heavy atom. The Kier molecular flexibility index (Phi) is 5.91. The second kappa shape index (κ2) is 6.98. The summed E-state index contributed by atoms with van der Waals surface area (Å²) in [4.78, 5) is 12.5. The Morgan fingerprint density at radius 3 is 2.42 bits per heavy atom. The van der Waals surface area contributed by atoms with Gasteiger partial charge in [-0.15, -0.1) is 0 Å². The van der Waals surface area contributed by atoms with Crippen LogP contribution >= 0.6 is 15.9 Å². The van der Waals surface area contributed by atoms with Crippen LogP contribution in [0.1, 0.15) is 55.4 Å². The van der Waals surface area contributed by atoms with Gasteiger partial charge in [0.05, 0.1) is 17.0 Å². The molecule has 106 valence electrons. The SMILES string of the molecule is CCc1nnc(C)cc1C(=O)NC(CC)(CC)CBr. The first-order chi connectivity index (χ1) is 9.01. The Labute approximate surface area is 123 Å². The molecule has 1 aromatic rings. The summed E-state index contributed by atoms with van der Waals surface area (Å²) in [7, 11) is 0. The fraction of sp³-hybridized carbons (Fsp3) is 0.643. The summed E-state index contributed by atoms with van der Waals surface area (Å²) >= 11 is 3.50. The van der Waals surface area contributed by atoms with Crippen molar-refractivity contribution < 1.29 is 4.79 Å². The molecular formula is C14H22BrN3O. The van der Waals surface area contributed by atoms with Crippen LogP contribution in [0.25, 0.3) is 0 Å². The van der Waals surface area contributed by atoms with E-state index in [9.17, 15) is 4.79 Å². The lowest BCUT2D eigenvalue weighted by Crippen LogP contribution is -2.49. The smallest absolute Gasteiger partial charge is 0.253 e. The van der Waals surface area contributed by atoms with Crippen molar-refractivity contribution in [1.82, 2.24) is 15.5 Å². The highest BCUT2D eigenvalue weighted by Gasteiger charge is 2.28. The average molecular weight is 328 g/mol. The number of nitrogens with one attached hydrogen (secondary N) is 1. The van der Waals surface area contributed by atoms with Crippen LogP contribution in [-0.2, 0) is 6.42 Å². The van der Waals surface area contributed by atoms with Crippen molar-refractivity contribution in [2.75, 3.05) is 5.33 Å². The van der Waals surface area contributed by atoms with Gasteiger partial charge in [0.2, 0.25) is 0 Å². The van der Waals surface area contributed by atoms with Crippen LogP contribution in [0.2, 0.25) is 0 Å². The molecule has 4 nitrogen and oxygen atoms in total. The molecule has 5 heteroatoms. The van der Waals surface area contributed by atoms with Crippen LogP contribution in [0, 0.1) is 6.92 Å². The van der Waals surface area contributed by atoms with Crippen molar-refractivity contribution >= 4 is 21.8 Å². The summed E-state index contributed by atoms with van der Waals surface area (Å²) in [5.74, 6) is -0.0574. The van der Waals surface area contributed by atoms with Crippen LogP contribution in [0.5, 0.6) is 0 Å². The quantitative estimate of drug-likeness (QED) is 0.817. The Bertz CT molecular complexity index is 436. The first-order valence-corrected chi connectivity index (χ1v) is 7.85. The summed E-state index contributed by atoms with van der Waals surface area (Å²) in [6.45, 7) is 8.00. The lowest BCUT2D eigenvalue weighted by Gasteiger charge is -2.31. The van der Waals surface area contributed by atoms with E-state index in [4.69, 9.17) is 0 Å². The second-order valence-corrected chi connectivity index (χ2v) is 5.34. The summed E-state index contributed by atoms with van der Waals surface area (Å²) < 4.78 is 0. The first kappa shape index (κ1) is 16.1. The molecule has 0 saturated heterocycles. The molecule has 1 heterocycles. The highest BCUT2D eigenvalue weighted by atomic mass is 79.9. The van der Waals surface area contributed by atoms with Crippen molar-refractivity contribution in [1.29, 1.82) is 0 Å². The fourth-order valence-electron chi connectivity index (χ4n) is 1.93. The zero-order valence-corrected chi connectivity index (χ0v) is 13.7. The lowest BCUT2D eigenvalue weighted by molar-refractivity contribution is 0.0902. The number of hydrogen-bond acceptors (Lipinski definition) is 3. The molecule has 0 saturated carbocycles. The minimum absolute atomic E-state index is 0.0574. The van der Waals surface area contributed by atoms with Crippen molar-refractivity contribution in [3.8, 4) is 0 Å². The molecular weight excluding hydrogens is 306 g/mol. The highest BCUT2D eigenvalue weighted by molar-refractivity contribution is 9.09. The first-order valence-electron chi connectivity index (χ1n) is 6.73. The number of carbonyl (C=O) groups is 1. The zero-order valence-electron chi connectivity index (χ0n) is 12.1. The van der Waals surface area contributed by atoms with Crippen molar-refractivity contribution in [3.05, 3.63) is 23.0 Å². The van der Waals surface area contributed by atoms with Gasteiger partial charge in [-0.1, -0.05) is 36.7 Å². The Balaban J connectivity index is 3.03. The molecule has 1 N–H and O–H groups in total. The fourth-order valence-corrected chi connectivity index (χ4v) is 2.86. The molecule has 0 aliphatic rings. The molecule has 0 radical (unpaired) electrons. The predicted molar refractivity (Wildman–Crippen MR) is 80.7 cm³/mol. The summed E-state index contributed by atoms with van der Waals surface area (Å²) in [6.07, 6.45) is 2.48. The molecule has 0 atom stereocenters. The van der Waals surface area contributed by atoms with E-state index < -0.39 is 0 Å². The maximum atomic E-state index is 12.5. The largest absolute Gasteiger partial charge is 0.346 e. The summed E-state index contributed by atoms with van der Waals surface area (Å²) in [5, 5.41) is 12.0. The summed E-state index contributed by atoms with van der Waals surface area (Å²) in [5.41, 5.74) is 1.96. The third kappa shape index (κ3) is 3.75. The van der Waals surface area contributed by atoms with Crippen LogP contribution in [0.3, 0.4) is 0 Å². The maximum Gasteiger partial charge on any atom is 0.253 e. The van der Waals surface area contributed by atoms with Gasteiger partial charge in [-0.25, -0.2) is 0 Å². The van der Waals surface area contributed by atoms with E-state index in [1.54, 1.807) is 0 Å². The van der Waals surface area contributed by atoms with Gasteiger partial charge in [0, 0.05) is 10.9 Å². The summed E-state index contributed by atoms with van der Waals surface area (Å²) in [6, 6.07) is 1.81. The normalized spacial score (nSPS) is 11.4. The third-order valence-corrected chi connectivity index (χ3v) is 4.63. The van der Waals surface area contributed by atoms with E-state index in [2.05, 4.69) is 45.3 Å². The van der Waals surface area contributed by atoms with Crippen LogP contribution in [0.4, 0.5) is 0 Å². The molecule has 1 amide bonds. The molecule has 19 heavy (non-hydrogen) atoms. The van der Waals surface area contributed by atoms with E-state index in [1.807, 2.05) is 19.9 Å². The molecule has 0 unspecified atom stereocenters. The number of alkyl halides is 1. The number of hydrogen-bond donors (Lipinski definition) is 1. The van der Waals surface area contributed by atoms with Gasteiger partial charge in [0.1, 0.15) is 0 Å². The monoisotopic (exact) mass is 327 g/mol. The van der Waals surface area contributed by atoms with E-state index >= 15 is 0 Å². The van der Waals surface area contributed by atoms with Crippen LogP contribution in [0.15, 0.2) is 6.07 Å². The van der Waals surface area contributed by atoms with Gasteiger partial charge in [-0.2, -0.15) is 10.2 Å². The molecule has 0 bridgehead atoms. The molecule has 1 aromatic heterocycles. The zero-order chi connectivity index (χ0) is 14.5. The predicted octanol–water partition coefficient (Wildman–Crippen LogP) is 3.03. The van der Waals surface area contributed by atoms with Crippen LogP contribution < -0.4 is 5.32 Å². The third-order valence-electron chi connectivity index (χ3n) is 3.56. The molecule has 0 aliphatic heterocycles. The van der Waals surface area contributed by atoms with E-state index in [0.717, 1.165) is 29.6 Å². The molecule has 1 rings (SSSR count). The lowest BCUT2D eigenvalue weighted by atomic mass is 9.94. The number of aromatic nitrogens is 2. The highest BCUT2D eigenvalue weighted by Crippen LogP contribution is 2.19. The second-order valence-electron chi connectivity index (χ2n) is 4.77. The van der Waals surface area contributed by atoms with Gasteiger partial charge >= 0.3 is 0 Å². The maximum absolute atomic E-state index is 12.5. The van der Waals surface area contributed by atoms with Crippen molar-refractivity contribution in [3.63, 3.8) is 0 Å². The minimum Gasteiger partial charge on any atom is -0.346 e. The topological polar surface area (TPSA) is 54.9 Å². The van der Waals surface area contributed by atoms with Gasteiger partial charge in [0.25, 0.3) is 5.91 Å². The molecule has 0 aliphatic carbocycles. The minimum atomic E-state index is -0.195. The van der Waals surface area contributed by atoms with Crippen LogP contribution in [-0.4, -0.2) is 27.0 Å². The number of halogens is 1.